The highest BCUT2D eigenvalue weighted by molar-refractivity contribution is 5.90. The van der Waals surface area contributed by atoms with Gasteiger partial charge in [0.25, 0.3) is 11.6 Å². The van der Waals surface area contributed by atoms with Gasteiger partial charge in [-0.15, -0.1) is 0 Å². The second kappa shape index (κ2) is 10.2. The number of piperidine rings is 1. The Labute approximate surface area is 174 Å². The molecule has 2 aromatic carbocycles. The Hall–Kier alpha value is -3.62. The van der Waals surface area contributed by atoms with Crippen LogP contribution in [0.1, 0.15) is 24.8 Å². The van der Waals surface area contributed by atoms with Crippen LogP contribution < -0.4 is 20.4 Å². The van der Waals surface area contributed by atoms with Gasteiger partial charge >= 0.3 is 0 Å². The van der Waals surface area contributed by atoms with E-state index in [0.717, 1.165) is 43.1 Å². The van der Waals surface area contributed by atoms with E-state index in [1.165, 1.54) is 24.8 Å². The predicted octanol–water partition coefficient (Wildman–Crippen LogP) is 3.16. The Balaban J connectivity index is 1.62. The van der Waals surface area contributed by atoms with Crippen LogP contribution in [0.15, 0.2) is 47.6 Å². The summed E-state index contributed by atoms with van der Waals surface area (Å²) in [5.74, 6) is 0.406. The molecule has 30 heavy (non-hydrogen) atoms. The van der Waals surface area contributed by atoms with Crippen LogP contribution in [0.25, 0.3) is 0 Å². The Morgan fingerprint density at radius 1 is 1.20 bits per heavy atom. The molecule has 1 saturated heterocycles. The lowest BCUT2D eigenvalue weighted by molar-refractivity contribution is -0.384. The average Bonchev–Trinajstić information content (AvgIpc) is 2.78. The number of anilines is 2. The van der Waals surface area contributed by atoms with Crippen molar-refractivity contribution < 1.29 is 14.5 Å². The quantitative estimate of drug-likeness (QED) is 0.392. The number of rotatable bonds is 8. The van der Waals surface area contributed by atoms with E-state index in [1.54, 1.807) is 25.3 Å². The number of carbonyl (C=O) groups excluding carboxylic acids is 1. The van der Waals surface area contributed by atoms with Gasteiger partial charge in [0.1, 0.15) is 5.75 Å². The number of nitro groups is 1. The predicted molar refractivity (Wildman–Crippen MR) is 116 cm³/mol. The second-order valence-electron chi connectivity index (χ2n) is 6.92. The molecule has 1 aliphatic heterocycles. The number of benzene rings is 2. The molecule has 2 N–H and O–H groups in total. The Kier molecular flexibility index (Phi) is 7.20. The van der Waals surface area contributed by atoms with E-state index in [4.69, 9.17) is 4.74 Å². The summed E-state index contributed by atoms with van der Waals surface area (Å²) in [6, 6.07) is 11.9. The Bertz CT molecular complexity index is 908. The van der Waals surface area contributed by atoms with Gasteiger partial charge in [-0.3, -0.25) is 14.9 Å². The molecule has 0 radical (unpaired) electrons. The molecule has 0 spiro atoms. The SMILES string of the molecule is COc1ccc(NCC(=O)NN=Cc2cc([N+](=O)[O-])ccc2N2CCCCC2)cc1. The van der Waals surface area contributed by atoms with Crippen LogP contribution in [-0.4, -0.2) is 43.8 Å². The largest absolute Gasteiger partial charge is 0.497 e. The Morgan fingerprint density at radius 2 is 1.93 bits per heavy atom. The van der Waals surface area contributed by atoms with Crippen LogP contribution in [-0.2, 0) is 4.79 Å². The van der Waals surface area contributed by atoms with Crippen molar-refractivity contribution in [2.45, 2.75) is 19.3 Å². The first-order valence-corrected chi connectivity index (χ1v) is 9.80. The van der Waals surface area contributed by atoms with Gasteiger partial charge < -0.3 is 15.0 Å². The van der Waals surface area contributed by atoms with Gasteiger partial charge in [0.05, 0.1) is 24.8 Å². The third kappa shape index (κ3) is 5.69. The number of hydrazone groups is 1. The number of hydrogen-bond donors (Lipinski definition) is 2. The monoisotopic (exact) mass is 411 g/mol. The highest BCUT2D eigenvalue weighted by Gasteiger charge is 2.17. The van der Waals surface area contributed by atoms with Gasteiger partial charge in [-0.25, -0.2) is 5.43 Å². The van der Waals surface area contributed by atoms with Gasteiger partial charge in [-0.1, -0.05) is 0 Å². The van der Waals surface area contributed by atoms with E-state index >= 15 is 0 Å². The molecule has 1 fully saturated rings. The molecule has 1 aliphatic rings. The number of nitrogens with zero attached hydrogens (tertiary/aromatic N) is 3. The van der Waals surface area contributed by atoms with Crippen molar-refractivity contribution in [1.82, 2.24) is 5.43 Å². The minimum atomic E-state index is -0.436. The maximum absolute atomic E-state index is 12.1. The van der Waals surface area contributed by atoms with E-state index in [1.807, 2.05) is 12.1 Å². The van der Waals surface area contributed by atoms with Crippen LogP contribution in [0.2, 0.25) is 0 Å². The molecule has 0 aliphatic carbocycles. The summed E-state index contributed by atoms with van der Waals surface area (Å²) in [6.07, 6.45) is 4.81. The molecule has 0 saturated carbocycles. The smallest absolute Gasteiger partial charge is 0.270 e. The van der Waals surface area contributed by atoms with Crippen molar-refractivity contribution in [2.75, 3.05) is 37.0 Å². The number of methoxy groups -OCH3 is 1. The molecule has 158 valence electrons. The zero-order valence-electron chi connectivity index (χ0n) is 16.8. The van der Waals surface area contributed by atoms with Crippen molar-refractivity contribution in [3.63, 3.8) is 0 Å². The summed E-state index contributed by atoms with van der Waals surface area (Å²) >= 11 is 0. The molecular formula is C21H25N5O4. The van der Waals surface area contributed by atoms with Crippen LogP contribution >= 0.6 is 0 Å². The standard InChI is InChI=1S/C21H25N5O4/c1-30-19-8-5-17(6-9-19)22-15-21(27)24-23-14-16-13-18(26(28)29)7-10-20(16)25-11-3-2-4-12-25/h5-10,13-14,22H,2-4,11-12,15H2,1H3,(H,24,27). The highest BCUT2D eigenvalue weighted by atomic mass is 16.6. The van der Waals surface area contributed by atoms with Crippen LogP contribution in [0, 0.1) is 10.1 Å². The fourth-order valence-electron chi connectivity index (χ4n) is 3.29. The van der Waals surface area contributed by atoms with Gasteiger partial charge in [0.2, 0.25) is 0 Å². The first-order valence-electron chi connectivity index (χ1n) is 9.80. The lowest BCUT2D eigenvalue weighted by Gasteiger charge is -2.29. The second-order valence-corrected chi connectivity index (χ2v) is 6.92. The third-order valence-corrected chi connectivity index (χ3v) is 4.85. The number of ether oxygens (including phenoxy) is 1. The van der Waals surface area contributed by atoms with Crippen molar-refractivity contribution >= 4 is 29.2 Å². The first kappa shape index (κ1) is 21.1. The molecule has 2 aromatic rings. The third-order valence-electron chi connectivity index (χ3n) is 4.85. The summed E-state index contributed by atoms with van der Waals surface area (Å²) in [7, 11) is 1.59. The molecule has 9 heteroatoms. The van der Waals surface area contributed by atoms with Gasteiger partial charge in [-0.05, 0) is 49.6 Å². The fourth-order valence-corrected chi connectivity index (χ4v) is 3.29. The number of amides is 1. The average molecular weight is 411 g/mol. The topological polar surface area (TPSA) is 109 Å². The maximum atomic E-state index is 12.1. The minimum absolute atomic E-state index is 0.00953. The van der Waals surface area contributed by atoms with E-state index < -0.39 is 4.92 Å². The summed E-state index contributed by atoms with van der Waals surface area (Å²) in [5.41, 5.74) is 4.72. The van der Waals surface area contributed by atoms with E-state index in [2.05, 4.69) is 20.7 Å². The van der Waals surface area contributed by atoms with Crippen LogP contribution in [0.3, 0.4) is 0 Å². The lowest BCUT2D eigenvalue weighted by atomic mass is 10.1. The molecule has 0 unspecified atom stereocenters. The van der Waals surface area contributed by atoms with Crippen molar-refractivity contribution in [2.24, 2.45) is 5.10 Å². The minimum Gasteiger partial charge on any atom is -0.497 e. The molecule has 0 bridgehead atoms. The number of nitro benzene ring substituents is 1. The molecular weight excluding hydrogens is 386 g/mol. The van der Waals surface area contributed by atoms with Crippen LogP contribution in [0.4, 0.5) is 17.1 Å². The molecule has 1 heterocycles. The number of hydrogen-bond acceptors (Lipinski definition) is 7. The maximum Gasteiger partial charge on any atom is 0.270 e. The number of non-ortho nitro benzene ring substituents is 1. The summed E-state index contributed by atoms with van der Waals surface area (Å²) in [5, 5.41) is 18.1. The lowest BCUT2D eigenvalue weighted by Crippen LogP contribution is -2.30. The molecule has 0 aromatic heterocycles. The van der Waals surface area contributed by atoms with Crippen molar-refractivity contribution in [3.05, 3.63) is 58.1 Å². The summed E-state index contributed by atoms with van der Waals surface area (Å²) in [6.45, 7) is 1.84. The van der Waals surface area contributed by atoms with Crippen molar-refractivity contribution in [1.29, 1.82) is 0 Å². The van der Waals surface area contributed by atoms with Crippen LogP contribution in [0.5, 0.6) is 5.75 Å². The zero-order valence-corrected chi connectivity index (χ0v) is 16.8. The van der Waals surface area contributed by atoms with Gasteiger partial charge in [0.15, 0.2) is 0 Å². The highest BCUT2D eigenvalue weighted by Crippen LogP contribution is 2.26. The first-order chi connectivity index (χ1) is 14.6. The zero-order chi connectivity index (χ0) is 21.3. The number of nitrogens with one attached hydrogen (secondary N) is 2. The fraction of sp³-hybridized carbons (Fsp3) is 0.333. The summed E-state index contributed by atoms with van der Waals surface area (Å²) < 4.78 is 5.09. The van der Waals surface area contributed by atoms with Crippen molar-refractivity contribution in [3.8, 4) is 5.75 Å². The molecule has 3 rings (SSSR count). The molecule has 0 atom stereocenters. The van der Waals surface area contributed by atoms with E-state index in [-0.39, 0.29) is 18.1 Å². The molecule has 1 amide bonds. The summed E-state index contributed by atoms with van der Waals surface area (Å²) in [4.78, 5) is 25.0. The van der Waals surface area contributed by atoms with Gasteiger partial charge in [-0.2, -0.15) is 5.10 Å². The number of carbonyl (C=O) groups is 1. The van der Waals surface area contributed by atoms with Gasteiger partial charge in [0, 0.05) is 42.2 Å². The normalized spacial score (nSPS) is 13.8. The Morgan fingerprint density at radius 3 is 2.60 bits per heavy atom. The molecule has 9 nitrogen and oxygen atoms in total. The van der Waals surface area contributed by atoms with E-state index in [9.17, 15) is 14.9 Å². The van der Waals surface area contributed by atoms with E-state index in [0.29, 0.717) is 5.56 Å².